The number of benzene rings is 1. The number of ether oxygens (including phenoxy) is 1. The smallest absolute Gasteiger partial charge is 0.338 e. The number of methoxy groups -OCH3 is 1. The molecule has 0 spiro atoms. The van der Waals surface area contributed by atoms with Crippen molar-refractivity contribution in [2.24, 2.45) is 0 Å². The first kappa shape index (κ1) is 21.9. The van der Waals surface area contributed by atoms with Crippen LogP contribution >= 0.6 is 0 Å². The number of hydrogen-bond donors (Lipinski definition) is 1. The number of rotatable bonds is 14. The maximum absolute atomic E-state index is 11.5. The van der Waals surface area contributed by atoms with Crippen LogP contribution in [0.2, 0.25) is 0 Å². The molecule has 0 aromatic heterocycles. The van der Waals surface area contributed by atoms with Gasteiger partial charge in [-0.3, -0.25) is 10.1 Å². The summed E-state index contributed by atoms with van der Waals surface area (Å²) in [6, 6.07) is 4.37. The second kappa shape index (κ2) is 13.1. The normalized spacial score (nSPS) is 10.5. The van der Waals surface area contributed by atoms with Crippen LogP contribution in [0.4, 0.5) is 11.4 Å². The fourth-order valence-corrected chi connectivity index (χ4v) is 2.91. The van der Waals surface area contributed by atoms with Gasteiger partial charge in [0.1, 0.15) is 5.69 Å². The zero-order valence-electron chi connectivity index (χ0n) is 16.1. The van der Waals surface area contributed by atoms with Crippen molar-refractivity contribution < 1.29 is 14.5 Å². The Morgan fingerprint density at radius 1 is 1.04 bits per heavy atom. The molecule has 1 N–H and O–H groups in total. The number of hydrogen-bond acceptors (Lipinski definition) is 5. The van der Waals surface area contributed by atoms with Gasteiger partial charge in [-0.2, -0.15) is 0 Å². The minimum atomic E-state index is -0.575. The Labute approximate surface area is 156 Å². The number of nitrogens with zero attached hydrogens (tertiary/aromatic N) is 1. The van der Waals surface area contributed by atoms with E-state index in [1.807, 2.05) is 0 Å². The molecule has 0 aliphatic carbocycles. The predicted molar refractivity (Wildman–Crippen MR) is 105 cm³/mol. The number of unbranched alkanes of at least 4 members (excludes halogenated alkanes) is 9. The Morgan fingerprint density at radius 2 is 1.62 bits per heavy atom. The van der Waals surface area contributed by atoms with Gasteiger partial charge in [0, 0.05) is 12.6 Å². The predicted octanol–water partition coefficient (Wildman–Crippen LogP) is 5.71. The van der Waals surface area contributed by atoms with Gasteiger partial charge in [-0.25, -0.2) is 4.79 Å². The van der Waals surface area contributed by atoms with Crippen LogP contribution in [0, 0.1) is 10.1 Å². The molecule has 1 rings (SSSR count). The fourth-order valence-electron chi connectivity index (χ4n) is 2.91. The first-order valence-corrected chi connectivity index (χ1v) is 9.70. The molecule has 0 atom stereocenters. The monoisotopic (exact) mass is 364 g/mol. The second-order valence-corrected chi connectivity index (χ2v) is 6.59. The maximum atomic E-state index is 11.5. The number of esters is 1. The molecule has 26 heavy (non-hydrogen) atoms. The van der Waals surface area contributed by atoms with E-state index in [9.17, 15) is 14.9 Å². The van der Waals surface area contributed by atoms with E-state index < -0.39 is 10.9 Å². The van der Waals surface area contributed by atoms with Crippen molar-refractivity contribution in [1.82, 2.24) is 0 Å². The number of nitro benzene ring substituents is 1. The molecule has 0 amide bonds. The number of carbonyl (C=O) groups is 1. The van der Waals surface area contributed by atoms with Gasteiger partial charge in [0.05, 0.1) is 17.6 Å². The van der Waals surface area contributed by atoms with Crippen LogP contribution < -0.4 is 5.32 Å². The van der Waals surface area contributed by atoms with Crippen molar-refractivity contribution >= 4 is 17.3 Å². The number of nitrogens with one attached hydrogen (secondary N) is 1. The van der Waals surface area contributed by atoms with E-state index in [0.717, 1.165) is 12.8 Å². The van der Waals surface area contributed by atoms with Gasteiger partial charge in [-0.1, -0.05) is 64.7 Å². The molecule has 0 fully saturated rings. The molecule has 0 radical (unpaired) electrons. The van der Waals surface area contributed by atoms with Crippen LogP contribution in [0.15, 0.2) is 18.2 Å². The van der Waals surface area contributed by atoms with Crippen molar-refractivity contribution in [2.75, 3.05) is 19.0 Å². The van der Waals surface area contributed by atoms with E-state index in [2.05, 4.69) is 17.0 Å². The molecule has 0 saturated heterocycles. The van der Waals surface area contributed by atoms with Gasteiger partial charge in [0.2, 0.25) is 0 Å². The zero-order chi connectivity index (χ0) is 19.2. The third kappa shape index (κ3) is 8.32. The Bertz CT molecular complexity index is 561. The summed E-state index contributed by atoms with van der Waals surface area (Å²) in [5.74, 6) is -0.575. The Kier molecular flexibility index (Phi) is 11.1. The van der Waals surface area contributed by atoms with Gasteiger partial charge in [-0.15, -0.1) is 0 Å². The molecule has 0 unspecified atom stereocenters. The summed E-state index contributed by atoms with van der Waals surface area (Å²) >= 11 is 0. The highest BCUT2D eigenvalue weighted by molar-refractivity contribution is 5.91. The van der Waals surface area contributed by atoms with Crippen molar-refractivity contribution in [2.45, 2.75) is 71.1 Å². The molecule has 6 heteroatoms. The van der Waals surface area contributed by atoms with E-state index in [4.69, 9.17) is 0 Å². The van der Waals surface area contributed by atoms with Crippen molar-refractivity contribution in [3.63, 3.8) is 0 Å². The lowest BCUT2D eigenvalue weighted by Crippen LogP contribution is -2.07. The Morgan fingerprint density at radius 3 is 2.15 bits per heavy atom. The van der Waals surface area contributed by atoms with Gasteiger partial charge in [-0.05, 0) is 18.6 Å². The minimum Gasteiger partial charge on any atom is -0.465 e. The lowest BCUT2D eigenvalue weighted by Gasteiger charge is -2.08. The van der Waals surface area contributed by atoms with Crippen molar-refractivity contribution in [3.05, 3.63) is 33.9 Å². The highest BCUT2D eigenvalue weighted by atomic mass is 16.6. The van der Waals surface area contributed by atoms with E-state index >= 15 is 0 Å². The van der Waals surface area contributed by atoms with Crippen LogP contribution in [0.3, 0.4) is 0 Å². The van der Waals surface area contributed by atoms with Crippen molar-refractivity contribution in [3.8, 4) is 0 Å². The molecule has 0 heterocycles. The molecule has 146 valence electrons. The lowest BCUT2D eigenvalue weighted by molar-refractivity contribution is -0.384. The molecular formula is C20H32N2O4. The summed E-state index contributed by atoms with van der Waals surface area (Å²) in [6.45, 7) is 2.92. The molecule has 1 aromatic rings. The molecule has 6 nitrogen and oxygen atoms in total. The fraction of sp³-hybridized carbons (Fsp3) is 0.650. The second-order valence-electron chi connectivity index (χ2n) is 6.59. The Balaban J connectivity index is 2.26. The third-order valence-corrected chi connectivity index (χ3v) is 4.46. The van der Waals surface area contributed by atoms with Gasteiger partial charge >= 0.3 is 5.97 Å². The van der Waals surface area contributed by atoms with E-state index in [1.54, 1.807) is 12.1 Å². The average molecular weight is 364 g/mol. The van der Waals surface area contributed by atoms with Crippen molar-refractivity contribution in [1.29, 1.82) is 0 Å². The Hall–Kier alpha value is -2.11. The largest absolute Gasteiger partial charge is 0.465 e. The zero-order valence-corrected chi connectivity index (χ0v) is 16.1. The summed E-state index contributed by atoms with van der Waals surface area (Å²) in [6.07, 6.45) is 12.5. The standard InChI is InChI=1S/C20H32N2O4/c1-3-4-5-6-7-8-9-10-11-12-15-21-18-14-13-17(20(23)26-2)16-19(18)22(24)25/h13-14,16,21H,3-12,15H2,1-2H3. The van der Waals surface area contributed by atoms with Crippen LogP contribution in [0.1, 0.15) is 81.5 Å². The minimum absolute atomic E-state index is 0.0972. The number of nitro groups is 1. The SMILES string of the molecule is CCCCCCCCCCCCNc1ccc(C(=O)OC)cc1[N+](=O)[O-]. The van der Waals surface area contributed by atoms with E-state index in [1.165, 1.54) is 64.5 Å². The van der Waals surface area contributed by atoms with Gasteiger partial charge in [0.15, 0.2) is 0 Å². The third-order valence-electron chi connectivity index (χ3n) is 4.46. The highest BCUT2D eigenvalue weighted by Gasteiger charge is 2.17. The molecule has 0 aliphatic heterocycles. The van der Waals surface area contributed by atoms with Crippen LogP contribution in [0.25, 0.3) is 0 Å². The summed E-state index contributed by atoms with van der Waals surface area (Å²) in [5.41, 5.74) is 0.530. The maximum Gasteiger partial charge on any atom is 0.338 e. The van der Waals surface area contributed by atoms with E-state index in [0.29, 0.717) is 12.2 Å². The molecular weight excluding hydrogens is 332 g/mol. The highest BCUT2D eigenvalue weighted by Crippen LogP contribution is 2.26. The quantitative estimate of drug-likeness (QED) is 0.198. The molecule has 0 bridgehead atoms. The number of anilines is 1. The first-order chi connectivity index (χ1) is 12.6. The van der Waals surface area contributed by atoms with Crippen LogP contribution in [-0.4, -0.2) is 24.5 Å². The first-order valence-electron chi connectivity index (χ1n) is 9.70. The van der Waals surface area contributed by atoms with Crippen LogP contribution in [0.5, 0.6) is 0 Å². The van der Waals surface area contributed by atoms with Crippen LogP contribution in [-0.2, 0) is 4.74 Å². The summed E-state index contributed by atoms with van der Waals surface area (Å²) in [4.78, 5) is 22.2. The van der Waals surface area contributed by atoms with Gasteiger partial charge < -0.3 is 10.1 Å². The average Bonchev–Trinajstić information content (AvgIpc) is 2.65. The molecule has 0 aliphatic rings. The summed E-state index contributed by atoms with van der Waals surface area (Å²) in [5, 5.41) is 14.3. The number of carbonyl (C=O) groups excluding carboxylic acids is 1. The van der Waals surface area contributed by atoms with Gasteiger partial charge in [0.25, 0.3) is 5.69 Å². The molecule has 1 aromatic carbocycles. The molecule has 0 saturated carbocycles. The summed E-state index contributed by atoms with van der Waals surface area (Å²) in [7, 11) is 1.26. The topological polar surface area (TPSA) is 81.5 Å². The lowest BCUT2D eigenvalue weighted by atomic mass is 10.1. The summed E-state index contributed by atoms with van der Waals surface area (Å²) < 4.78 is 4.60. The van der Waals surface area contributed by atoms with E-state index in [-0.39, 0.29) is 11.3 Å².